The first-order valence-electron chi connectivity index (χ1n) is 12.1. The summed E-state index contributed by atoms with van der Waals surface area (Å²) in [7, 11) is 0. The zero-order valence-electron chi connectivity index (χ0n) is 20.6. The second-order valence-corrected chi connectivity index (χ2v) is 11.9. The maximum absolute atomic E-state index is 13.7. The van der Waals surface area contributed by atoms with E-state index in [1.807, 2.05) is 0 Å². The number of fused-ring (bicyclic) bond motifs is 2. The summed E-state index contributed by atoms with van der Waals surface area (Å²) in [6, 6.07) is 13.6. The van der Waals surface area contributed by atoms with Crippen molar-refractivity contribution in [2.75, 3.05) is 10.2 Å². The molecule has 0 bridgehead atoms. The largest absolute Gasteiger partial charge is 0.469 e. The average molecular weight is 620 g/mol. The Morgan fingerprint density at radius 1 is 1.02 bits per heavy atom. The Morgan fingerprint density at radius 3 is 2.46 bits per heavy atom. The van der Waals surface area contributed by atoms with Crippen LogP contribution in [0.2, 0.25) is 5.02 Å². The van der Waals surface area contributed by atoms with Gasteiger partial charge in [-0.2, -0.15) is 13.2 Å². The molecular weight excluding hydrogens is 603 g/mol. The van der Waals surface area contributed by atoms with Gasteiger partial charge in [0.05, 0.1) is 39.3 Å². The fraction of sp³-hybridized carbons (Fsp3) is 0.185. The van der Waals surface area contributed by atoms with Gasteiger partial charge >= 0.3 is 11.0 Å². The van der Waals surface area contributed by atoms with Crippen molar-refractivity contribution in [1.82, 2.24) is 4.57 Å². The van der Waals surface area contributed by atoms with Crippen LogP contribution in [0.5, 0.6) is 0 Å². The first-order valence-corrected chi connectivity index (χ1v) is 14.1. The number of carbonyl (C=O) groups excluding carboxylic acids is 3. The van der Waals surface area contributed by atoms with Gasteiger partial charge in [-0.25, -0.2) is 4.90 Å². The molecule has 0 saturated carbocycles. The third-order valence-corrected chi connectivity index (χ3v) is 9.62. The number of furan rings is 1. The zero-order valence-corrected chi connectivity index (χ0v) is 22.9. The molecule has 8 nitrogen and oxygen atoms in total. The van der Waals surface area contributed by atoms with E-state index in [9.17, 15) is 32.3 Å². The molecule has 6 rings (SSSR count). The van der Waals surface area contributed by atoms with Crippen LogP contribution in [-0.2, 0) is 27.1 Å². The predicted octanol–water partition coefficient (Wildman–Crippen LogP) is 5.61. The highest BCUT2D eigenvalue weighted by Crippen LogP contribution is 2.54. The average Bonchev–Trinajstić information content (AvgIpc) is 3.62. The van der Waals surface area contributed by atoms with Gasteiger partial charge in [0.25, 0.3) is 0 Å². The van der Waals surface area contributed by atoms with Crippen LogP contribution in [0.15, 0.2) is 81.2 Å². The lowest BCUT2D eigenvalue weighted by Gasteiger charge is -2.29. The highest BCUT2D eigenvalue weighted by molar-refractivity contribution is 8.00. The van der Waals surface area contributed by atoms with E-state index in [0.29, 0.717) is 26.4 Å². The van der Waals surface area contributed by atoms with E-state index in [2.05, 4.69) is 5.32 Å². The van der Waals surface area contributed by atoms with E-state index >= 15 is 0 Å². The minimum absolute atomic E-state index is 0.203. The highest BCUT2D eigenvalue weighted by Gasteiger charge is 2.57. The van der Waals surface area contributed by atoms with Crippen molar-refractivity contribution in [1.29, 1.82) is 0 Å². The molecule has 2 aliphatic rings. The molecule has 0 radical (unpaired) electrons. The summed E-state index contributed by atoms with van der Waals surface area (Å²) in [6.45, 7) is -0.373. The maximum atomic E-state index is 13.7. The topological polar surface area (TPSA) is 102 Å². The summed E-state index contributed by atoms with van der Waals surface area (Å²) in [4.78, 5) is 54.1. The summed E-state index contributed by atoms with van der Waals surface area (Å²) >= 11 is 7.66. The third-order valence-electron chi connectivity index (χ3n) is 6.76. The van der Waals surface area contributed by atoms with Gasteiger partial charge in [0.15, 0.2) is 0 Å². The molecule has 4 heterocycles. The fourth-order valence-corrected chi connectivity index (χ4v) is 7.86. The Kier molecular flexibility index (Phi) is 6.83. The molecular formula is C27H17ClF3N3O5S2. The molecule has 2 aromatic heterocycles. The molecule has 0 aliphatic carbocycles. The van der Waals surface area contributed by atoms with Crippen molar-refractivity contribution in [3.8, 4) is 0 Å². The molecule has 3 amide bonds. The standard InChI is InChI=1S/C27H17ClF3N3O5S2/c28-14-6-8-15(9-7-14)32-18(35)12-33-25-22(41-26(33)38)19(17-5-2-10-39-17)20-21(40-25)24(37)34(23(20)36)16-4-1-3-13(11-16)27(29,30)31/h1-11,19-21H,12H2,(H,32,35). The number of anilines is 2. The van der Waals surface area contributed by atoms with Gasteiger partial charge < -0.3 is 9.73 Å². The minimum atomic E-state index is -4.67. The molecule has 1 N–H and O–H groups in total. The van der Waals surface area contributed by atoms with Crippen molar-refractivity contribution in [3.63, 3.8) is 0 Å². The summed E-state index contributed by atoms with van der Waals surface area (Å²) < 4.78 is 47.0. The number of nitrogens with zero attached hydrogens (tertiary/aromatic N) is 2. The Bertz CT molecular complexity index is 1730. The predicted molar refractivity (Wildman–Crippen MR) is 146 cm³/mol. The number of carbonyl (C=O) groups is 3. The number of rotatable bonds is 5. The van der Waals surface area contributed by atoms with Crippen molar-refractivity contribution < 1.29 is 32.0 Å². The molecule has 210 valence electrons. The van der Waals surface area contributed by atoms with Gasteiger partial charge in [0, 0.05) is 10.7 Å². The Morgan fingerprint density at radius 2 is 1.78 bits per heavy atom. The summed E-state index contributed by atoms with van der Waals surface area (Å²) in [5, 5.41) is 2.42. The van der Waals surface area contributed by atoms with E-state index in [1.165, 1.54) is 16.9 Å². The Hall–Kier alpha value is -3.81. The van der Waals surface area contributed by atoms with E-state index in [-0.39, 0.29) is 12.2 Å². The molecule has 3 unspecified atom stereocenters. The summed E-state index contributed by atoms with van der Waals surface area (Å²) in [5.74, 6) is -3.53. The van der Waals surface area contributed by atoms with Crippen molar-refractivity contribution in [2.45, 2.75) is 28.9 Å². The van der Waals surface area contributed by atoms with Gasteiger partial charge in [0.1, 0.15) is 17.6 Å². The quantitative estimate of drug-likeness (QED) is 0.292. The number of hydrogen-bond donors (Lipinski definition) is 1. The zero-order chi connectivity index (χ0) is 29.1. The van der Waals surface area contributed by atoms with Crippen LogP contribution >= 0.6 is 34.7 Å². The summed E-state index contributed by atoms with van der Waals surface area (Å²) in [5.41, 5.74) is -0.738. The van der Waals surface area contributed by atoms with Gasteiger partial charge in [-0.3, -0.25) is 23.7 Å². The molecule has 1 fully saturated rings. The molecule has 0 spiro atoms. The van der Waals surface area contributed by atoms with Gasteiger partial charge in [0.2, 0.25) is 17.7 Å². The number of alkyl halides is 3. The first kappa shape index (κ1) is 27.4. The number of halogens is 4. The highest BCUT2D eigenvalue weighted by atomic mass is 35.5. The minimum Gasteiger partial charge on any atom is -0.469 e. The molecule has 4 aromatic rings. The second-order valence-electron chi connectivity index (χ2n) is 9.30. The Balaban J connectivity index is 1.38. The molecule has 2 aromatic carbocycles. The van der Waals surface area contributed by atoms with Crippen LogP contribution in [0.25, 0.3) is 0 Å². The fourth-order valence-electron chi connectivity index (χ4n) is 4.98. The van der Waals surface area contributed by atoms with Crippen LogP contribution in [0.1, 0.15) is 22.1 Å². The number of imide groups is 1. The summed E-state index contributed by atoms with van der Waals surface area (Å²) in [6.07, 6.45) is -3.29. The van der Waals surface area contributed by atoms with Gasteiger partial charge in [-0.05, 0) is 54.6 Å². The normalized spacial score (nSPS) is 20.2. The number of amides is 3. The molecule has 1 saturated heterocycles. The van der Waals surface area contributed by atoms with E-state index in [1.54, 1.807) is 36.4 Å². The van der Waals surface area contributed by atoms with Gasteiger partial charge in [-0.15, -0.1) is 0 Å². The third kappa shape index (κ3) is 4.87. The number of thiazole rings is 1. The van der Waals surface area contributed by atoms with Crippen molar-refractivity contribution in [3.05, 3.63) is 97.8 Å². The lowest BCUT2D eigenvalue weighted by atomic mass is 9.87. The number of benzene rings is 2. The SMILES string of the molecule is O=C(Cn1c2c(sc1=O)C(c1ccco1)C1C(=O)N(c3cccc(C(F)(F)F)c3)C(=O)C1S2)Nc1ccc(Cl)cc1. The van der Waals surface area contributed by atoms with Crippen LogP contribution in [0.4, 0.5) is 24.5 Å². The lowest BCUT2D eigenvalue weighted by molar-refractivity contribution is -0.137. The van der Waals surface area contributed by atoms with Crippen LogP contribution in [0, 0.1) is 5.92 Å². The van der Waals surface area contributed by atoms with Crippen LogP contribution in [0.3, 0.4) is 0 Å². The van der Waals surface area contributed by atoms with Gasteiger partial charge in [-0.1, -0.05) is 40.8 Å². The van der Waals surface area contributed by atoms with Crippen molar-refractivity contribution >= 4 is 63.8 Å². The van der Waals surface area contributed by atoms with Crippen LogP contribution in [-0.4, -0.2) is 27.5 Å². The molecule has 41 heavy (non-hydrogen) atoms. The van der Waals surface area contributed by atoms with Crippen molar-refractivity contribution in [2.24, 2.45) is 5.92 Å². The number of thioether (sulfide) groups is 1. The molecule has 3 atom stereocenters. The smallest absolute Gasteiger partial charge is 0.416 e. The first-order chi connectivity index (χ1) is 19.5. The maximum Gasteiger partial charge on any atom is 0.416 e. The van der Waals surface area contributed by atoms with Crippen LogP contribution < -0.4 is 15.1 Å². The Labute approximate surface area is 242 Å². The number of aromatic nitrogens is 1. The number of nitrogens with one attached hydrogen (secondary N) is 1. The van der Waals surface area contributed by atoms with E-state index in [4.69, 9.17) is 16.0 Å². The van der Waals surface area contributed by atoms with E-state index in [0.717, 1.165) is 46.2 Å². The lowest BCUT2D eigenvalue weighted by Crippen LogP contribution is -2.32. The second kappa shape index (κ2) is 10.2. The molecule has 2 aliphatic heterocycles. The monoisotopic (exact) mass is 619 g/mol. The number of hydrogen-bond acceptors (Lipinski definition) is 7. The molecule has 14 heteroatoms. The van der Waals surface area contributed by atoms with E-state index < -0.39 is 51.4 Å².